The first-order valence-corrected chi connectivity index (χ1v) is 6.58. The molecule has 0 saturated heterocycles. The van der Waals surface area contributed by atoms with Crippen LogP contribution in [0.15, 0.2) is 60.7 Å². The van der Waals surface area contributed by atoms with Gasteiger partial charge in [-0.25, -0.2) is 4.39 Å². The van der Waals surface area contributed by atoms with Crippen molar-refractivity contribution in [2.75, 3.05) is 0 Å². The lowest BCUT2D eigenvalue weighted by molar-refractivity contribution is 0.221. The maximum absolute atomic E-state index is 13.5. The van der Waals surface area contributed by atoms with Gasteiger partial charge in [-0.15, -0.1) is 0 Å². The van der Waals surface area contributed by atoms with Crippen LogP contribution in [-0.4, -0.2) is 5.11 Å². The van der Waals surface area contributed by atoms with Crippen molar-refractivity contribution in [3.63, 3.8) is 0 Å². The summed E-state index contributed by atoms with van der Waals surface area (Å²) in [5.41, 5.74) is 2.19. The molecule has 0 radical (unpaired) electrons. The minimum absolute atomic E-state index is 0.320. The van der Waals surface area contributed by atoms with Crippen molar-refractivity contribution < 1.29 is 9.50 Å². The third-order valence-corrected chi connectivity index (χ3v) is 3.50. The quantitative estimate of drug-likeness (QED) is 0.730. The van der Waals surface area contributed by atoms with Gasteiger partial charge in [0, 0.05) is 0 Å². The SMILES string of the molecule is Cc1cc(F)cc(C(O)c2cccc3ccccc23)c1. The van der Waals surface area contributed by atoms with Gasteiger partial charge in [-0.3, -0.25) is 0 Å². The maximum Gasteiger partial charge on any atom is 0.123 e. The van der Waals surface area contributed by atoms with Gasteiger partial charge in [0.2, 0.25) is 0 Å². The van der Waals surface area contributed by atoms with E-state index in [1.54, 1.807) is 0 Å². The molecule has 0 bridgehead atoms. The van der Waals surface area contributed by atoms with Gasteiger partial charge in [0.1, 0.15) is 11.9 Å². The Kier molecular flexibility index (Phi) is 3.25. The Labute approximate surface area is 117 Å². The summed E-state index contributed by atoms with van der Waals surface area (Å²) in [6.07, 6.45) is -0.824. The molecule has 1 atom stereocenters. The van der Waals surface area contributed by atoms with Crippen LogP contribution in [0.3, 0.4) is 0 Å². The average Bonchev–Trinajstić information content (AvgIpc) is 2.45. The van der Waals surface area contributed by atoms with Crippen molar-refractivity contribution in [1.29, 1.82) is 0 Å². The smallest absolute Gasteiger partial charge is 0.123 e. The molecule has 0 amide bonds. The van der Waals surface area contributed by atoms with Crippen LogP contribution in [0.5, 0.6) is 0 Å². The molecule has 0 aliphatic carbocycles. The standard InChI is InChI=1S/C18H15FO/c1-12-9-14(11-15(19)10-12)18(20)17-8-4-6-13-5-2-3-7-16(13)17/h2-11,18,20H,1H3. The van der Waals surface area contributed by atoms with Gasteiger partial charge >= 0.3 is 0 Å². The molecule has 3 rings (SSSR count). The largest absolute Gasteiger partial charge is 0.384 e. The fourth-order valence-corrected chi connectivity index (χ4v) is 2.59. The molecule has 0 spiro atoms. The summed E-state index contributed by atoms with van der Waals surface area (Å²) in [5.74, 6) is -0.320. The lowest BCUT2D eigenvalue weighted by Gasteiger charge is -2.15. The van der Waals surface area contributed by atoms with E-state index in [-0.39, 0.29) is 5.82 Å². The summed E-state index contributed by atoms with van der Waals surface area (Å²) in [5, 5.41) is 12.6. The molecule has 0 heterocycles. The first-order chi connectivity index (χ1) is 9.65. The monoisotopic (exact) mass is 266 g/mol. The molecule has 2 heteroatoms. The predicted octanol–water partition coefficient (Wildman–Crippen LogP) is 4.37. The second-order valence-corrected chi connectivity index (χ2v) is 5.03. The highest BCUT2D eigenvalue weighted by Crippen LogP contribution is 2.29. The highest BCUT2D eigenvalue weighted by atomic mass is 19.1. The lowest BCUT2D eigenvalue weighted by Crippen LogP contribution is -2.01. The van der Waals surface area contributed by atoms with E-state index < -0.39 is 6.10 Å². The zero-order valence-electron chi connectivity index (χ0n) is 11.2. The van der Waals surface area contributed by atoms with Crippen molar-refractivity contribution in [3.8, 4) is 0 Å². The molecule has 1 unspecified atom stereocenters. The Hall–Kier alpha value is -2.19. The molecular weight excluding hydrogens is 251 g/mol. The van der Waals surface area contributed by atoms with Crippen molar-refractivity contribution in [2.24, 2.45) is 0 Å². The van der Waals surface area contributed by atoms with Crippen molar-refractivity contribution >= 4 is 10.8 Å². The average molecular weight is 266 g/mol. The summed E-state index contributed by atoms with van der Waals surface area (Å²) in [6, 6.07) is 18.3. The predicted molar refractivity (Wildman–Crippen MR) is 79.1 cm³/mol. The summed E-state index contributed by atoms with van der Waals surface area (Å²) in [7, 11) is 0. The van der Waals surface area contributed by atoms with Crippen molar-refractivity contribution in [2.45, 2.75) is 13.0 Å². The van der Waals surface area contributed by atoms with Crippen LogP contribution in [0.2, 0.25) is 0 Å². The fraction of sp³-hybridized carbons (Fsp3) is 0.111. The molecule has 20 heavy (non-hydrogen) atoms. The number of halogens is 1. The van der Waals surface area contributed by atoms with Crippen LogP contribution >= 0.6 is 0 Å². The number of hydrogen-bond donors (Lipinski definition) is 1. The highest BCUT2D eigenvalue weighted by Gasteiger charge is 2.14. The molecule has 0 fully saturated rings. The zero-order valence-corrected chi connectivity index (χ0v) is 11.2. The number of hydrogen-bond acceptors (Lipinski definition) is 1. The number of rotatable bonds is 2. The molecule has 0 aliphatic heterocycles. The van der Waals surface area contributed by atoms with Crippen molar-refractivity contribution in [3.05, 3.63) is 83.2 Å². The molecule has 1 nitrogen and oxygen atoms in total. The molecular formula is C18H15FO. The normalized spacial score (nSPS) is 12.6. The molecule has 3 aromatic rings. The number of fused-ring (bicyclic) bond motifs is 1. The lowest BCUT2D eigenvalue weighted by atomic mass is 9.95. The zero-order chi connectivity index (χ0) is 14.1. The first kappa shape index (κ1) is 12.8. The van der Waals surface area contributed by atoms with E-state index in [9.17, 15) is 9.50 Å². The molecule has 0 saturated carbocycles. The van der Waals surface area contributed by atoms with E-state index >= 15 is 0 Å². The van der Waals surface area contributed by atoms with Gasteiger partial charge < -0.3 is 5.11 Å². The Morgan fingerprint density at radius 1 is 0.950 bits per heavy atom. The number of aliphatic hydroxyl groups is 1. The van der Waals surface area contributed by atoms with Gasteiger partial charge in [-0.05, 0) is 46.5 Å². The van der Waals surface area contributed by atoms with Gasteiger partial charge in [-0.1, -0.05) is 48.5 Å². The third-order valence-electron chi connectivity index (χ3n) is 3.50. The van der Waals surface area contributed by atoms with E-state index in [0.29, 0.717) is 5.56 Å². The van der Waals surface area contributed by atoms with Gasteiger partial charge in [0.15, 0.2) is 0 Å². The Balaban J connectivity index is 2.15. The van der Waals surface area contributed by atoms with Crippen LogP contribution in [0, 0.1) is 12.7 Å². The maximum atomic E-state index is 13.5. The minimum atomic E-state index is -0.824. The molecule has 0 aromatic heterocycles. The van der Waals surface area contributed by atoms with E-state index in [1.807, 2.05) is 55.5 Å². The van der Waals surface area contributed by atoms with Crippen LogP contribution < -0.4 is 0 Å². The molecule has 0 aliphatic rings. The number of aryl methyl sites for hydroxylation is 1. The topological polar surface area (TPSA) is 20.2 Å². The summed E-state index contributed by atoms with van der Waals surface area (Å²) < 4.78 is 13.5. The summed E-state index contributed by atoms with van der Waals surface area (Å²) in [4.78, 5) is 0. The molecule has 100 valence electrons. The molecule has 1 N–H and O–H groups in total. The van der Waals surface area contributed by atoms with E-state index in [1.165, 1.54) is 12.1 Å². The summed E-state index contributed by atoms with van der Waals surface area (Å²) in [6.45, 7) is 1.82. The van der Waals surface area contributed by atoms with Gasteiger partial charge in [-0.2, -0.15) is 0 Å². The van der Waals surface area contributed by atoms with Crippen molar-refractivity contribution in [1.82, 2.24) is 0 Å². The van der Waals surface area contributed by atoms with Gasteiger partial charge in [0.25, 0.3) is 0 Å². The highest BCUT2D eigenvalue weighted by molar-refractivity contribution is 5.86. The van der Waals surface area contributed by atoms with Crippen LogP contribution in [0.4, 0.5) is 4.39 Å². The minimum Gasteiger partial charge on any atom is -0.384 e. The van der Waals surface area contributed by atoms with Gasteiger partial charge in [0.05, 0.1) is 0 Å². The second-order valence-electron chi connectivity index (χ2n) is 5.03. The van der Waals surface area contributed by atoms with Crippen LogP contribution in [0.1, 0.15) is 22.8 Å². The van der Waals surface area contributed by atoms with E-state index in [0.717, 1.165) is 21.9 Å². The Morgan fingerprint density at radius 2 is 1.70 bits per heavy atom. The van der Waals surface area contributed by atoms with Crippen LogP contribution in [0.25, 0.3) is 10.8 Å². The summed E-state index contributed by atoms with van der Waals surface area (Å²) >= 11 is 0. The Morgan fingerprint density at radius 3 is 2.50 bits per heavy atom. The third kappa shape index (κ3) is 2.30. The fourth-order valence-electron chi connectivity index (χ4n) is 2.59. The molecule has 3 aromatic carbocycles. The van der Waals surface area contributed by atoms with Crippen LogP contribution in [-0.2, 0) is 0 Å². The second kappa shape index (κ2) is 5.06. The van der Waals surface area contributed by atoms with E-state index in [2.05, 4.69) is 0 Å². The number of benzene rings is 3. The van der Waals surface area contributed by atoms with E-state index in [4.69, 9.17) is 0 Å². The Bertz CT molecular complexity index is 739. The number of aliphatic hydroxyl groups excluding tert-OH is 1. The first-order valence-electron chi connectivity index (χ1n) is 6.58.